The van der Waals surface area contributed by atoms with Crippen LogP contribution in [0.3, 0.4) is 0 Å². The van der Waals surface area contributed by atoms with E-state index in [1.807, 2.05) is 36.6 Å². The number of methoxy groups -OCH3 is 1. The Morgan fingerprint density at radius 1 is 1.26 bits per heavy atom. The number of hydrogen-bond donors (Lipinski definition) is 0. The number of carbonyl (C=O) groups is 1. The molecule has 0 aliphatic carbocycles. The van der Waals surface area contributed by atoms with Crippen molar-refractivity contribution < 1.29 is 9.53 Å². The molecular weight excluding hydrogens is 240 g/mol. The molecule has 1 aromatic heterocycles. The average Bonchev–Trinajstić information content (AvgIpc) is 2.72. The molecule has 0 saturated heterocycles. The SMILES string of the molecule is COC(=O)c1ccc(-n2c(C)cc(C#N)c2C)cc1. The van der Waals surface area contributed by atoms with Gasteiger partial charge >= 0.3 is 5.97 Å². The molecule has 0 aliphatic heterocycles. The lowest BCUT2D eigenvalue weighted by atomic mass is 10.2. The summed E-state index contributed by atoms with van der Waals surface area (Å²) in [6.07, 6.45) is 0. The monoisotopic (exact) mass is 254 g/mol. The van der Waals surface area contributed by atoms with Gasteiger partial charge in [-0.25, -0.2) is 4.79 Å². The molecule has 0 fully saturated rings. The third-order valence-electron chi connectivity index (χ3n) is 3.10. The van der Waals surface area contributed by atoms with E-state index in [1.165, 1.54) is 7.11 Å². The van der Waals surface area contributed by atoms with Crippen LogP contribution in [0.1, 0.15) is 27.3 Å². The number of carbonyl (C=O) groups excluding carboxylic acids is 1. The Balaban J connectivity index is 2.46. The van der Waals surface area contributed by atoms with Crippen LogP contribution in [0.5, 0.6) is 0 Å². The van der Waals surface area contributed by atoms with Crippen LogP contribution < -0.4 is 0 Å². The van der Waals surface area contributed by atoms with Gasteiger partial charge in [-0.2, -0.15) is 5.26 Å². The number of nitrogens with zero attached hydrogens (tertiary/aromatic N) is 2. The number of benzene rings is 1. The Bertz CT molecular complexity index is 661. The van der Waals surface area contributed by atoms with Crippen molar-refractivity contribution in [2.24, 2.45) is 0 Å². The third kappa shape index (κ3) is 2.23. The first-order chi connectivity index (χ1) is 9.08. The van der Waals surface area contributed by atoms with Gasteiger partial charge in [0.15, 0.2) is 0 Å². The highest BCUT2D eigenvalue weighted by molar-refractivity contribution is 5.89. The summed E-state index contributed by atoms with van der Waals surface area (Å²) in [6.45, 7) is 3.85. The Labute approximate surface area is 111 Å². The fraction of sp³-hybridized carbons (Fsp3) is 0.200. The van der Waals surface area contributed by atoms with Gasteiger partial charge in [-0.15, -0.1) is 0 Å². The number of esters is 1. The predicted octanol–water partition coefficient (Wildman–Crippen LogP) is 2.75. The molecule has 4 nitrogen and oxygen atoms in total. The molecule has 0 unspecified atom stereocenters. The van der Waals surface area contributed by atoms with Gasteiger partial charge in [0.1, 0.15) is 6.07 Å². The van der Waals surface area contributed by atoms with Gasteiger partial charge in [0.05, 0.1) is 18.2 Å². The van der Waals surface area contributed by atoms with E-state index >= 15 is 0 Å². The maximum absolute atomic E-state index is 11.4. The van der Waals surface area contributed by atoms with E-state index in [-0.39, 0.29) is 5.97 Å². The molecule has 1 aromatic carbocycles. The maximum Gasteiger partial charge on any atom is 0.337 e. The van der Waals surface area contributed by atoms with Gasteiger partial charge in [0, 0.05) is 17.1 Å². The van der Waals surface area contributed by atoms with Gasteiger partial charge in [0.2, 0.25) is 0 Å². The number of ether oxygens (including phenoxy) is 1. The Morgan fingerprint density at radius 2 is 1.89 bits per heavy atom. The van der Waals surface area contributed by atoms with Gasteiger partial charge < -0.3 is 9.30 Å². The first-order valence-electron chi connectivity index (χ1n) is 5.86. The van der Waals surface area contributed by atoms with Crippen LogP contribution in [0.15, 0.2) is 30.3 Å². The van der Waals surface area contributed by atoms with E-state index in [1.54, 1.807) is 12.1 Å². The molecule has 0 N–H and O–H groups in total. The quantitative estimate of drug-likeness (QED) is 0.774. The first kappa shape index (κ1) is 12.9. The van der Waals surface area contributed by atoms with Crippen molar-refractivity contribution in [1.29, 1.82) is 5.26 Å². The summed E-state index contributed by atoms with van der Waals surface area (Å²) in [4.78, 5) is 11.4. The van der Waals surface area contributed by atoms with Crippen molar-refractivity contribution in [2.75, 3.05) is 7.11 Å². The minimum absolute atomic E-state index is 0.356. The second-order valence-corrected chi connectivity index (χ2v) is 4.27. The second kappa shape index (κ2) is 4.99. The number of nitriles is 1. The lowest BCUT2D eigenvalue weighted by Gasteiger charge is -2.09. The number of aromatic nitrogens is 1. The smallest absolute Gasteiger partial charge is 0.337 e. The molecular formula is C15H14N2O2. The van der Waals surface area contributed by atoms with Crippen LogP contribution in [-0.4, -0.2) is 17.6 Å². The summed E-state index contributed by atoms with van der Waals surface area (Å²) in [5.74, 6) is -0.356. The summed E-state index contributed by atoms with van der Waals surface area (Å²) >= 11 is 0. The average molecular weight is 254 g/mol. The van der Waals surface area contributed by atoms with Gasteiger partial charge in [-0.3, -0.25) is 0 Å². The summed E-state index contributed by atoms with van der Waals surface area (Å²) < 4.78 is 6.65. The van der Waals surface area contributed by atoms with Crippen molar-refractivity contribution in [3.63, 3.8) is 0 Å². The van der Waals surface area contributed by atoms with E-state index < -0.39 is 0 Å². The lowest BCUT2D eigenvalue weighted by molar-refractivity contribution is 0.0601. The summed E-state index contributed by atoms with van der Waals surface area (Å²) in [7, 11) is 1.36. The van der Waals surface area contributed by atoms with Crippen LogP contribution >= 0.6 is 0 Å². The molecule has 1 heterocycles. The largest absolute Gasteiger partial charge is 0.465 e. The van der Waals surface area contributed by atoms with E-state index in [2.05, 4.69) is 10.8 Å². The molecule has 19 heavy (non-hydrogen) atoms. The highest BCUT2D eigenvalue weighted by Gasteiger charge is 2.11. The van der Waals surface area contributed by atoms with Crippen molar-refractivity contribution in [3.05, 3.63) is 52.8 Å². The summed E-state index contributed by atoms with van der Waals surface area (Å²) in [5, 5.41) is 9.03. The van der Waals surface area contributed by atoms with E-state index in [0.717, 1.165) is 17.1 Å². The van der Waals surface area contributed by atoms with Crippen molar-refractivity contribution in [1.82, 2.24) is 4.57 Å². The Morgan fingerprint density at radius 3 is 2.37 bits per heavy atom. The molecule has 0 bridgehead atoms. The topological polar surface area (TPSA) is 55.0 Å². The molecule has 0 radical (unpaired) electrons. The zero-order valence-corrected chi connectivity index (χ0v) is 11.1. The zero-order chi connectivity index (χ0) is 14.0. The van der Waals surface area contributed by atoms with Crippen molar-refractivity contribution >= 4 is 5.97 Å². The zero-order valence-electron chi connectivity index (χ0n) is 11.1. The number of aryl methyl sites for hydroxylation is 1. The minimum atomic E-state index is -0.356. The fourth-order valence-corrected chi connectivity index (χ4v) is 2.14. The molecule has 2 aromatic rings. The Kier molecular flexibility index (Phi) is 3.39. The Hall–Kier alpha value is -2.54. The van der Waals surface area contributed by atoms with Gasteiger partial charge in [-0.1, -0.05) is 0 Å². The van der Waals surface area contributed by atoms with Crippen molar-refractivity contribution in [3.8, 4) is 11.8 Å². The van der Waals surface area contributed by atoms with E-state index in [4.69, 9.17) is 5.26 Å². The van der Waals surface area contributed by atoms with Crippen LogP contribution in [0, 0.1) is 25.2 Å². The van der Waals surface area contributed by atoms with Crippen LogP contribution in [0.4, 0.5) is 0 Å². The number of rotatable bonds is 2. The summed E-state index contributed by atoms with van der Waals surface area (Å²) in [6, 6.07) is 11.1. The normalized spacial score (nSPS) is 10.0. The standard InChI is InChI=1S/C15H14N2O2/c1-10-8-13(9-16)11(2)17(10)14-6-4-12(5-7-14)15(18)19-3/h4-8H,1-3H3. The van der Waals surface area contributed by atoms with Crippen molar-refractivity contribution in [2.45, 2.75) is 13.8 Å². The first-order valence-corrected chi connectivity index (χ1v) is 5.86. The van der Waals surface area contributed by atoms with Gasteiger partial charge in [0.25, 0.3) is 0 Å². The van der Waals surface area contributed by atoms with Crippen LogP contribution in [0.25, 0.3) is 5.69 Å². The molecule has 96 valence electrons. The summed E-state index contributed by atoms with van der Waals surface area (Å²) in [5.41, 5.74) is 3.97. The molecule has 0 atom stereocenters. The van der Waals surface area contributed by atoms with Crippen LogP contribution in [-0.2, 0) is 4.74 Å². The highest BCUT2D eigenvalue weighted by atomic mass is 16.5. The van der Waals surface area contributed by atoms with Crippen LogP contribution in [0.2, 0.25) is 0 Å². The molecule has 4 heteroatoms. The molecule has 0 aliphatic rings. The third-order valence-corrected chi connectivity index (χ3v) is 3.10. The minimum Gasteiger partial charge on any atom is -0.465 e. The fourth-order valence-electron chi connectivity index (χ4n) is 2.14. The van der Waals surface area contributed by atoms with E-state index in [0.29, 0.717) is 11.1 Å². The molecule has 0 saturated carbocycles. The molecule has 2 rings (SSSR count). The highest BCUT2D eigenvalue weighted by Crippen LogP contribution is 2.20. The maximum atomic E-state index is 11.4. The predicted molar refractivity (Wildman–Crippen MR) is 71.3 cm³/mol. The van der Waals surface area contributed by atoms with E-state index in [9.17, 15) is 4.79 Å². The second-order valence-electron chi connectivity index (χ2n) is 4.27. The number of hydrogen-bond acceptors (Lipinski definition) is 3. The lowest BCUT2D eigenvalue weighted by Crippen LogP contribution is -2.03. The molecule has 0 amide bonds. The molecule has 0 spiro atoms. The van der Waals surface area contributed by atoms with Gasteiger partial charge in [-0.05, 0) is 44.2 Å².